The number of likely N-dealkylation sites (N-methyl/N-ethyl adjacent to an activating group) is 1. The van der Waals surface area contributed by atoms with Crippen molar-refractivity contribution in [3.63, 3.8) is 0 Å². The van der Waals surface area contributed by atoms with Crippen LogP contribution in [0.2, 0.25) is 0 Å². The first-order valence-electron chi connectivity index (χ1n) is 41.5. The lowest BCUT2D eigenvalue weighted by atomic mass is 10.0. The number of benzene rings is 3. The number of carbonyl (C=O) groups is 6. The number of aliphatic carboxylic acids is 2. The summed E-state index contributed by atoms with van der Waals surface area (Å²) in [5, 5.41) is 99.3. The van der Waals surface area contributed by atoms with Crippen molar-refractivity contribution < 1.29 is 62.7 Å². The van der Waals surface area contributed by atoms with Crippen LogP contribution in [0.25, 0.3) is 0 Å². The number of nitrogens with two attached hydrogens (primary N) is 1. The largest absolute Gasteiger partial charge is 0.480 e. The summed E-state index contributed by atoms with van der Waals surface area (Å²) in [7, 11) is 3.76. The molecule has 0 bridgehead atoms. The second kappa shape index (κ2) is 50.9. The van der Waals surface area contributed by atoms with Gasteiger partial charge in [0.2, 0.25) is 29.7 Å². The van der Waals surface area contributed by atoms with Crippen LogP contribution in [0.4, 0.5) is 96.9 Å². The normalized spacial score (nSPS) is 14.6. The fourth-order valence-electron chi connectivity index (χ4n) is 11.8. The molecule has 9 aromatic rings. The molecule has 9 heterocycles. The summed E-state index contributed by atoms with van der Waals surface area (Å²) in [4.78, 5) is 102. The zero-order valence-corrected chi connectivity index (χ0v) is 74.1. The molecule has 12 rings (SSSR count). The van der Waals surface area contributed by atoms with E-state index >= 15 is 0 Å². The molecule has 6 aromatic heterocycles. The highest BCUT2D eigenvalue weighted by Crippen LogP contribution is 2.27. The Balaban J connectivity index is 0.000000214. The number of aromatic nitrogens is 12. The van der Waals surface area contributed by atoms with Crippen LogP contribution in [0, 0.1) is 60.7 Å². The summed E-state index contributed by atoms with van der Waals surface area (Å²) in [6.45, 7) is 22.2. The van der Waals surface area contributed by atoms with Crippen molar-refractivity contribution in [1.29, 1.82) is 15.8 Å². The molecular weight excluding hydrogens is 1660 g/mol. The summed E-state index contributed by atoms with van der Waals surface area (Å²) in [6, 6.07) is 38.1. The monoisotopic (exact) mass is 1770 g/mol. The maximum Gasteiger partial charge on any atom is 0.411 e. The third kappa shape index (κ3) is 36.7. The fraction of sp³-hybridized carbons (Fsp3) is 0.419. The van der Waals surface area contributed by atoms with E-state index in [1.807, 2.05) is 131 Å². The van der Waals surface area contributed by atoms with Crippen LogP contribution < -0.4 is 64.2 Å². The molecule has 4 amide bonds. The average Bonchev–Trinajstić information content (AvgIpc) is 1.72. The zero-order valence-electron chi connectivity index (χ0n) is 74.1. The molecule has 129 heavy (non-hydrogen) atoms. The summed E-state index contributed by atoms with van der Waals surface area (Å²) < 4.78 is 26.5. The minimum absolute atomic E-state index is 0.00851. The van der Waals surface area contributed by atoms with E-state index in [2.05, 4.69) is 137 Å². The Labute approximate surface area is 747 Å². The second-order valence-corrected chi connectivity index (χ2v) is 31.5. The molecule has 43 nitrogen and oxygen atoms in total. The van der Waals surface area contributed by atoms with Crippen molar-refractivity contribution in [2.24, 2.45) is 11.7 Å². The predicted molar refractivity (Wildman–Crippen MR) is 485 cm³/mol. The van der Waals surface area contributed by atoms with Gasteiger partial charge in [-0.2, -0.15) is 61.0 Å². The third-order valence-electron chi connectivity index (χ3n) is 17.8. The molecule has 3 aliphatic heterocycles. The Kier molecular flexibility index (Phi) is 39.3. The van der Waals surface area contributed by atoms with Crippen LogP contribution in [-0.4, -0.2) is 257 Å². The molecule has 3 aromatic carbocycles. The molecule has 686 valence electrons. The Hall–Kier alpha value is -14.8. The van der Waals surface area contributed by atoms with Gasteiger partial charge in [0, 0.05) is 142 Å². The van der Waals surface area contributed by atoms with Crippen LogP contribution in [0.5, 0.6) is 0 Å². The number of rotatable bonds is 32. The summed E-state index contributed by atoms with van der Waals surface area (Å²) >= 11 is 0. The van der Waals surface area contributed by atoms with E-state index < -0.39 is 47.4 Å². The number of nitrogens with one attached hydrogen (secondary N) is 14. The highest BCUT2D eigenvalue weighted by atomic mass is 16.6. The first-order valence-corrected chi connectivity index (χ1v) is 41.5. The molecule has 43 heteroatoms. The van der Waals surface area contributed by atoms with Crippen molar-refractivity contribution in [3.05, 3.63) is 155 Å². The van der Waals surface area contributed by atoms with Crippen LogP contribution >= 0.6 is 0 Å². The van der Waals surface area contributed by atoms with Gasteiger partial charge in [0.05, 0.1) is 76.4 Å². The van der Waals surface area contributed by atoms with E-state index in [4.69, 9.17) is 55.4 Å². The van der Waals surface area contributed by atoms with Gasteiger partial charge in [0.15, 0.2) is 23.5 Å². The minimum atomic E-state index is -1.08. The molecule has 0 saturated carbocycles. The SMILES string of the molecule is CC(C)(C)OC(=O)N1CCOC[C@H]1C(=O)O.CN(C)C/C=C/C(=O)O.Cc1cc(Nc2cc(NCCN)nc(Nc3ccc(CC#N)cc3)n2)n[nH]1.Cc1cc(Nc2cc(NCCNC(=O)[C@@H]3COCCN3C(=O)OC(C)(C)C)nc(Nc3ccc(CC#N)cc3)n2)n[nH]1.Cc1cc(Nc2cc(NCCNC(=O)[C@H]3CCCOC3)nc(Nc3ccc(CC#N)cc3)n2)n[nH]1. The number of carbonyl (C=O) groups excluding carboxylic acids is 4. The van der Waals surface area contributed by atoms with Gasteiger partial charge in [0.25, 0.3) is 0 Å². The molecule has 3 aliphatic rings. The number of carboxylic acids is 2. The van der Waals surface area contributed by atoms with Gasteiger partial charge < -0.3 is 103 Å². The number of morpholine rings is 2. The average molecular weight is 1780 g/mol. The maximum absolute atomic E-state index is 12.9. The van der Waals surface area contributed by atoms with Gasteiger partial charge in [-0.15, -0.1) is 0 Å². The molecule has 3 saturated heterocycles. The van der Waals surface area contributed by atoms with Crippen molar-refractivity contribution in [2.75, 3.05) is 160 Å². The van der Waals surface area contributed by atoms with E-state index in [1.54, 1.807) is 65.8 Å². The first-order chi connectivity index (χ1) is 61.8. The van der Waals surface area contributed by atoms with E-state index in [-0.39, 0.29) is 50.6 Å². The molecular formula is C86H114N30O13. The zero-order chi connectivity index (χ0) is 93.3. The number of anilines is 15. The number of nitriles is 3. The number of aryl methyl sites for hydroxylation is 3. The Morgan fingerprint density at radius 2 is 0.860 bits per heavy atom. The Morgan fingerprint density at radius 1 is 0.496 bits per heavy atom. The highest BCUT2D eigenvalue weighted by molar-refractivity contribution is 5.86. The smallest absolute Gasteiger partial charge is 0.411 e. The van der Waals surface area contributed by atoms with Gasteiger partial charge >= 0.3 is 24.1 Å². The topological polar surface area (TPSA) is 592 Å². The number of hydrogen-bond donors (Lipinski definition) is 17. The number of nitrogens with zero attached hydrogens (tertiary/aromatic N) is 15. The van der Waals surface area contributed by atoms with E-state index in [1.165, 1.54) is 9.80 Å². The Morgan fingerprint density at radius 3 is 1.19 bits per heavy atom. The van der Waals surface area contributed by atoms with Crippen molar-refractivity contribution in [3.8, 4) is 18.2 Å². The Bertz CT molecular complexity index is 5240. The molecule has 3 atom stereocenters. The molecule has 0 aliphatic carbocycles. The standard InChI is InChI=1S/C28H36N10O4.C24H29N9O2.C18H21N9.C10H17NO5.C6H11NO2/c1-18-15-24(37-36-18)33-23-16-22(34-26(35-23)32-20-7-5-19(6-8-20)9-10-29)30-11-12-31-25(39)21-17-41-14-13-38(21)27(40)42-28(2,3)4;1-16-13-22(33-32-16)29-21-14-20(26-10-11-27-23(34)18-3-2-12-35-15-18)30-24(31-21)28-19-6-4-17(5-7-19)8-9-25;1-12-10-17(27-26-12)23-16-11-15(21-9-8-20)24-18(25-16)22-14-4-2-13(3-5-14)6-7-19;1-10(2,3)16-9(14)11-4-5-15-6-7(11)8(12)13;1-7(2)5-3-4-6(8)9/h5-8,15-16,21H,9,11-14,17H2,1-4H3,(H,31,39)(H4,30,32,33,34,35,36,37);4-7,13-14,18H,2-3,8,10-12,15H2,1H3,(H,27,34)(H4,26,28,29,30,31,32,33);2-5,10-11H,6,8-9,20H2,1H3,(H4,21,22,23,24,25,26,27);7H,4-6H2,1-3H3,(H,12,13);3-4H,5H2,1-2H3,(H,8,9)/b;;;;4-3+/t21-;18-;;7-;/m00.0./s1. The highest BCUT2D eigenvalue weighted by Gasteiger charge is 2.37. The van der Waals surface area contributed by atoms with Gasteiger partial charge in [-0.25, -0.2) is 19.2 Å². The lowest BCUT2D eigenvalue weighted by molar-refractivity contribution is -0.149. The van der Waals surface area contributed by atoms with E-state index in [0.29, 0.717) is 149 Å². The minimum Gasteiger partial charge on any atom is -0.480 e. The van der Waals surface area contributed by atoms with Gasteiger partial charge in [-0.1, -0.05) is 42.5 Å². The van der Waals surface area contributed by atoms with Gasteiger partial charge in [-0.3, -0.25) is 34.7 Å². The summed E-state index contributed by atoms with van der Waals surface area (Å²) in [6.07, 6.45) is 4.43. The van der Waals surface area contributed by atoms with Crippen LogP contribution in [0.15, 0.2) is 121 Å². The van der Waals surface area contributed by atoms with Crippen molar-refractivity contribution in [1.82, 2.24) is 85.8 Å². The molecule has 3 fully saturated rings. The molecule has 0 unspecified atom stereocenters. The third-order valence-corrected chi connectivity index (χ3v) is 17.8. The van der Waals surface area contributed by atoms with Gasteiger partial charge in [0.1, 0.15) is 52.2 Å². The van der Waals surface area contributed by atoms with Gasteiger partial charge in [-0.05, 0) is 142 Å². The lowest BCUT2D eigenvalue weighted by Crippen LogP contribution is -2.57. The van der Waals surface area contributed by atoms with E-state index in [0.717, 1.165) is 76.4 Å². The number of ether oxygens (including phenoxy) is 5. The van der Waals surface area contributed by atoms with Crippen molar-refractivity contribution in [2.45, 2.75) is 118 Å². The summed E-state index contributed by atoms with van der Waals surface area (Å²) in [5.41, 5.74) is 12.2. The molecule has 0 radical (unpaired) electrons. The quantitative estimate of drug-likeness (QED) is 0.0138. The predicted octanol–water partition coefficient (Wildman–Crippen LogP) is 9.57. The second-order valence-electron chi connectivity index (χ2n) is 31.5. The summed E-state index contributed by atoms with van der Waals surface area (Å²) in [5.74, 6) is 4.10. The number of carboxylic acid groups (broad SMARTS) is 2. The first kappa shape index (κ1) is 99.6. The van der Waals surface area contributed by atoms with Crippen LogP contribution in [0.1, 0.15) is 88.2 Å². The fourth-order valence-corrected chi connectivity index (χ4v) is 11.8. The molecule has 0 spiro atoms. The number of hydrogen-bond acceptors (Lipinski definition) is 34. The van der Waals surface area contributed by atoms with Crippen LogP contribution in [-0.2, 0) is 62.1 Å². The maximum atomic E-state index is 12.9. The van der Waals surface area contributed by atoms with Crippen molar-refractivity contribution >= 4 is 123 Å². The number of amides is 4. The molecule has 18 N–H and O–H groups in total. The number of H-pyrrole nitrogens is 3. The number of aromatic amines is 3. The lowest BCUT2D eigenvalue weighted by Gasteiger charge is -2.35. The van der Waals surface area contributed by atoms with E-state index in [9.17, 15) is 28.8 Å². The van der Waals surface area contributed by atoms with Crippen LogP contribution in [0.3, 0.4) is 0 Å².